The van der Waals surface area contributed by atoms with E-state index in [1.54, 1.807) is 0 Å². The van der Waals surface area contributed by atoms with Gasteiger partial charge in [-0.15, -0.1) is 0 Å². The Balaban J connectivity index is 4.09. The Labute approximate surface area is 118 Å². The molecule has 0 aromatic heterocycles. The molecule has 0 saturated heterocycles. The molecule has 1 unspecified atom stereocenters. The number of esters is 1. The number of carbonyl (C=O) groups excluding carboxylic acids is 1. The van der Waals surface area contributed by atoms with Gasteiger partial charge in [0.1, 0.15) is 5.54 Å². The van der Waals surface area contributed by atoms with E-state index >= 15 is 0 Å². The van der Waals surface area contributed by atoms with Gasteiger partial charge in [0.05, 0.1) is 7.11 Å². The van der Waals surface area contributed by atoms with Crippen molar-refractivity contribution in [2.24, 2.45) is 5.92 Å². The highest BCUT2D eigenvalue weighted by atomic mass is 16.5. The minimum absolute atomic E-state index is 0.167. The average molecular weight is 272 g/mol. The molecule has 1 N–H and O–H groups in total. The Kier molecular flexibility index (Phi) is 9.02. The molecular formula is C15H32N2O2. The van der Waals surface area contributed by atoms with Crippen LogP contribution in [0.5, 0.6) is 0 Å². The molecule has 0 aliphatic heterocycles. The first-order chi connectivity index (χ1) is 8.85. The topological polar surface area (TPSA) is 41.6 Å². The normalized spacial score (nSPS) is 14.7. The van der Waals surface area contributed by atoms with Gasteiger partial charge >= 0.3 is 5.97 Å². The third kappa shape index (κ3) is 7.53. The molecule has 4 heteroatoms. The summed E-state index contributed by atoms with van der Waals surface area (Å²) in [6.07, 6.45) is 3.02. The van der Waals surface area contributed by atoms with Crippen molar-refractivity contribution in [2.45, 2.75) is 52.5 Å². The number of rotatable bonds is 10. The summed E-state index contributed by atoms with van der Waals surface area (Å²) in [6.45, 7) is 11.3. The number of hydrogen-bond donors (Lipinski definition) is 1. The predicted octanol–water partition coefficient (Wildman–Crippen LogP) is 2.29. The van der Waals surface area contributed by atoms with Gasteiger partial charge in [0.2, 0.25) is 0 Å². The first-order valence-corrected chi connectivity index (χ1v) is 7.37. The molecule has 114 valence electrons. The van der Waals surface area contributed by atoms with Crippen molar-refractivity contribution >= 4 is 5.97 Å². The first kappa shape index (κ1) is 18.4. The molecule has 0 bridgehead atoms. The van der Waals surface area contributed by atoms with Crippen LogP contribution >= 0.6 is 0 Å². The Morgan fingerprint density at radius 3 is 2.47 bits per heavy atom. The lowest BCUT2D eigenvalue weighted by Gasteiger charge is -2.28. The fraction of sp³-hybridized carbons (Fsp3) is 0.933. The van der Waals surface area contributed by atoms with Gasteiger partial charge in [-0.2, -0.15) is 0 Å². The van der Waals surface area contributed by atoms with E-state index in [0.717, 1.165) is 38.4 Å². The summed E-state index contributed by atoms with van der Waals surface area (Å²) >= 11 is 0. The summed E-state index contributed by atoms with van der Waals surface area (Å²) in [6, 6.07) is 0. The number of nitrogens with zero attached hydrogens (tertiary/aromatic N) is 1. The highest BCUT2D eigenvalue weighted by Gasteiger charge is 2.32. The lowest BCUT2D eigenvalue weighted by atomic mass is 9.95. The Morgan fingerprint density at radius 2 is 2.00 bits per heavy atom. The second-order valence-corrected chi connectivity index (χ2v) is 5.94. The molecular weight excluding hydrogens is 240 g/mol. The molecule has 0 aromatic rings. The van der Waals surface area contributed by atoms with Gasteiger partial charge in [0.25, 0.3) is 0 Å². The van der Waals surface area contributed by atoms with Crippen molar-refractivity contribution < 1.29 is 9.53 Å². The number of hydrogen-bond acceptors (Lipinski definition) is 4. The largest absolute Gasteiger partial charge is 0.468 e. The van der Waals surface area contributed by atoms with Crippen LogP contribution in [0.25, 0.3) is 0 Å². The summed E-state index contributed by atoms with van der Waals surface area (Å²) in [5.41, 5.74) is -0.553. The van der Waals surface area contributed by atoms with Crippen LogP contribution < -0.4 is 5.32 Å². The molecule has 0 rings (SSSR count). The molecule has 0 aliphatic carbocycles. The Hall–Kier alpha value is -0.610. The van der Waals surface area contributed by atoms with E-state index in [9.17, 15) is 4.79 Å². The molecule has 1 atom stereocenters. The van der Waals surface area contributed by atoms with E-state index < -0.39 is 5.54 Å². The van der Waals surface area contributed by atoms with Crippen molar-refractivity contribution in [3.8, 4) is 0 Å². The quantitative estimate of drug-likeness (QED) is 0.620. The molecule has 0 aromatic carbocycles. The fourth-order valence-corrected chi connectivity index (χ4v) is 2.17. The van der Waals surface area contributed by atoms with Crippen molar-refractivity contribution in [2.75, 3.05) is 33.8 Å². The minimum Gasteiger partial charge on any atom is -0.468 e. The van der Waals surface area contributed by atoms with Crippen LogP contribution in [0.15, 0.2) is 0 Å². The number of methoxy groups -OCH3 is 1. The zero-order valence-electron chi connectivity index (χ0n) is 13.6. The van der Waals surface area contributed by atoms with E-state index in [2.05, 4.69) is 31.1 Å². The molecule has 0 spiro atoms. The molecule has 0 saturated carbocycles. The second-order valence-electron chi connectivity index (χ2n) is 5.94. The zero-order chi connectivity index (χ0) is 14.9. The van der Waals surface area contributed by atoms with Crippen molar-refractivity contribution in [1.82, 2.24) is 10.2 Å². The molecule has 0 heterocycles. The van der Waals surface area contributed by atoms with Crippen LogP contribution in [0.2, 0.25) is 0 Å². The Morgan fingerprint density at radius 1 is 1.37 bits per heavy atom. The lowest BCUT2D eigenvalue weighted by molar-refractivity contribution is -0.148. The van der Waals surface area contributed by atoms with Crippen molar-refractivity contribution in [1.29, 1.82) is 0 Å². The summed E-state index contributed by atoms with van der Waals surface area (Å²) in [5, 5.41) is 3.24. The molecule has 0 fully saturated rings. The molecule has 4 nitrogen and oxygen atoms in total. The number of ether oxygens (including phenoxy) is 1. The van der Waals surface area contributed by atoms with Gasteiger partial charge in [0, 0.05) is 0 Å². The smallest absolute Gasteiger partial charge is 0.325 e. The summed E-state index contributed by atoms with van der Waals surface area (Å²) < 4.78 is 4.89. The van der Waals surface area contributed by atoms with Gasteiger partial charge in [-0.1, -0.05) is 20.8 Å². The van der Waals surface area contributed by atoms with E-state index in [4.69, 9.17) is 4.74 Å². The van der Waals surface area contributed by atoms with Gasteiger partial charge < -0.3 is 15.0 Å². The van der Waals surface area contributed by atoms with Crippen LogP contribution in [0.4, 0.5) is 0 Å². The van der Waals surface area contributed by atoms with Crippen LogP contribution in [-0.2, 0) is 9.53 Å². The summed E-state index contributed by atoms with van der Waals surface area (Å²) in [5.74, 6) is 0.573. The summed E-state index contributed by atoms with van der Waals surface area (Å²) in [7, 11) is 3.60. The van der Waals surface area contributed by atoms with Gasteiger partial charge in [0.15, 0.2) is 0 Å². The van der Waals surface area contributed by atoms with E-state index in [0.29, 0.717) is 0 Å². The van der Waals surface area contributed by atoms with Crippen LogP contribution in [0.1, 0.15) is 47.0 Å². The lowest BCUT2D eigenvalue weighted by Crippen LogP contribution is -2.50. The third-order valence-electron chi connectivity index (χ3n) is 3.51. The molecule has 0 radical (unpaired) electrons. The molecule has 19 heavy (non-hydrogen) atoms. The monoisotopic (exact) mass is 272 g/mol. The average Bonchev–Trinajstić information content (AvgIpc) is 2.35. The molecule has 0 amide bonds. The number of nitrogens with one attached hydrogen (secondary N) is 1. The maximum atomic E-state index is 11.8. The Bertz CT molecular complexity index is 257. The highest BCUT2D eigenvalue weighted by Crippen LogP contribution is 2.15. The molecule has 0 aliphatic rings. The summed E-state index contributed by atoms with van der Waals surface area (Å²) in [4.78, 5) is 14.2. The number of carbonyl (C=O) groups is 1. The SMILES string of the molecule is CCNC(C)(CCCN(C)CCC(C)C)C(=O)OC. The first-order valence-electron chi connectivity index (χ1n) is 7.37. The van der Waals surface area contributed by atoms with Gasteiger partial charge in [-0.3, -0.25) is 4.79 Å². The zero-order valence-corrected chi connectivity index (χ0v) is 13.6. The third-order valence-corrected chi connectivity index (χ3v) is 3.51. The standard InChI is InChI=1S/C15H32N2O2/c1-7-16-15(4,14(18)19-6)10-8-11-17(5)12-9-13(2)3/h13,16H,7-12H2,1-6H3. The van der Waals surface area contributed by atoms with E-state index in [1.807, 2.05) is 13.8 Å². The fourth-order valence-electron chi connectivity index (χ4n) is 2.17. The number of likely N-dealkylation sites (N-methyl/N-ethyl adjacent to an activating group) is 1. The van der Waals surface area contributed by atoms with Crippen LogP contribution in [0.3, 0.4) is 0 Å². The van der Waals surface area contributed by atoms with E-state index in [-0.39, 0.29) is 5.97 Å². The van der Waals surface area contributed by atoms with Crippen molar-refractivity contribution in [3.05, 3.63) is 0 Å². The minimum atomic E-state index is -0.553. The van der Waals surface area contributed by atoms with Gasteiger partial charge in [-0.05, 0) is 58.8 Å². The van der Waals surface area contributed by atoms with Crippen LogP contribution in [0, 0.1) is 5.92 Å². The second kappa shape index (κ2) is 9.32. The van der Waals surface area contributed by atoms with Gasteiger partial charge in [-0.25, -0.2) is 0 Å². The van der Waals surface area contributed by atoms with Crippen molar-refractivity contribution in [3.63, 3.8) is 0 Å². The van der Waals surface area contributed by atoms with E-state index in [1.165, 1.54) is 13.5 Å². The predicted molar refractivity (Wildman–Crippen MR) is 80.3 cm³/mol. The maximum absolute atomic E-state index is 11.8. The van der Waals surface area contributed by atoms with Crippen LogP contribution in [-0.4, -0.2) is 50.2 Å². The maximum Gasteiger partial charge on any atom is 0.325 e. The highest BCUT2D eigenvalue weighted by molar-refractivity contribution is 5.80.